The third-order valence-corrected chi connectivity index (χ3v) is 4.95. The van der Waals surface area contributed by atoms with E-state index in [0.29, 0.717) is 6.54 Å². The van der Waals surface area contributed by atoms with Gasteiger partial charge in [0.05, 0.1) is 29.4 Å². The molecule has 25 heavy (non-hydrogen) atoms. The van der Waals surface area contributed by atoms with Crippen LogP contribution < -0.4 is 10.2 Å². The van der Waals surface area contributed by atoms with Gasteiger partial charge in [-0.3, -0.25) is 0 Å². The van der Waals surface area contributed by atoms with Crippen LogP contribution in [0.25, 0.3) is 21.5 Å². The van der Waals surface area contributed by atoms with Crippen LogP contribution in [-0.4, -0.2) is 18.3 Å². The van der Waals surface area contributed by atoms with Crippen LogP contribution in [-0.2, 0) is 0 Å². The summed E-state index contributed by atoms with van der Waals surface area (Å²) in [5.74, 6) is 0. The largest absolute Gasteiger partial charge is 0.395 e. The molecule has 2 N–H and O–H groups in total. The van der Waals surface area contributed by atoms with Crippen LogP contribution in [0.15, 0.2) is 72.8 Å². The lowest BCUT2D eigenvalue weighted by atomic mass is 9.95. The summed E-state index contributed by atoms with van der Waals surface area (Å²) < 4.78 is 0. The zero-order chi connectivity index (χ0) is 16.8. The van der Waals surface area contributed by atoms with E-state index in [1.807, 2.05) is 12.1 Å². The Kier molecular flexibility index (Phi) is 3.15. The van der Waals surface area contributed by atoms with Gasteiger partial charge in [0.2, 0.25) is 0 Å². The summed E-state index contributed by atoms with van der Waals surface area (Å²) in [7, 11) is 0. The Hall–Kier alpha value is -3.04. The van der Waals surface area contributed by atoms with E-state index >= 15 is 0 Å². The Labute approximate surface area is 146 Å². The number of nitrogens with zero attached hydrogens (tertiary/aromatic N) is 1. The molecule has 0 saturated carbocycles. The second-order valence-corrected chi connectivity index (χ2v) is 6.33. The highest BCUT2D eigenvalue weighted by Gasteiger charge is 2.26. The number of hydrogen-bond acceptors (Lipinski definition) is 3. The van der Waals surface area contributed by atoms with E-state index in [9.17, 15) is 5.11 Å². The fraction of sp³-hybridized carbons (Fsp3) is 0.0909. The van der Waals surface area contributed by atoms with Gasteiger partial charge in [-0.15, -0.1) is 0 Å². The first kappa shape index (κ1) is 14.3. The Morgan fingerprint density at radius 2 is 1.32 bits per heavy atom. The first-order valence-corrected chi connectivity index (χ1v) is 8.56. The van der Waals surface area contributed by atoms with Gasteiger partial charge in [-0.05, 0) is 22.9 Å². The summed E-state index contributed by atoms with van der Waals surface area (Å²) in [5, 5.41) is 18.2. The van der Waals surface area contributed by atoms with Gasteiger partial charge >= 0.3 is 0 Å². The van der Waals surface area contributed by atoms with E-state index < -0.39 is 0 Å². The molecule has 1 aliphatic heterocycles. The van der Waals surface area contributed by atoms with E-state index in [4.69, 9.17) is 0 Å². The van der Waals surface area contributed by atoms with Crippen LogP contribution in [0.3, 0.4) is 0 Å². The number of hydrogen-bond donors (Lipinski definition) is 2. The van der Waals surface area contributed by atoms with Gasteiger partial charge in [-0.2, -0.15) is 0 Å². The summed E-state index contributed by atoms with van der Waals surface area (Å²) in [6.45, 7) is 0.670. The molecule has 5 rings (SSSR count). The number of nitrogens with one attached hydrogen (secondary N) is 1. The molecule has 0 aromatic heterocycles. The van der Waals surface area contributed by atoms with Crippen LogP contribution in [0.1, 0.15) is 0 Å². The van der Waals surface area contributed by atoms with Crippen LogP contribution in [0.5, 0.6) is 0 Å². The van der Waals surface area contributed by atoms with E-state index in [0.717, 1.165) is 22.7 Å². The monoisotopic (exact) mass is 326 g/mol. The van der Waals surface area contributed by atoms with Gasteiger partial charge in [0.1, 0.15) is 0 Å². The third-order valence-electron chi connectivity index (χ3n) is 4.95. The van der Waals surface area contributed by atoms with Crippen molar-refractivity contribution in [3.05, 3.63) is 72.8 Å². The van der Waals surface area contributed by atoms with E-state index in [-0.39, 0.29) is 6.61 Å². The molecule has 0 radical (unpaired) electrons. The maximum atomic E-state index is 9.69. The van der Waals surface area contributed by atoms with Gasteiger partial charge in [0.15, 0.2) is 0 Å². The molecule has 0 aliphatic carbocycles. The van der Waals surface area contributed by atoms with Crippen molar-refractivity contribution >= 4 is 44.3 Å². The molecule has 4 aromatic rings. The number of aliphatic hydroxyl groups is 1. The summed E-state index contributed by atoms with van der Waals surface area (Å²) in [4.78, 5) is 2.23. The molecule has 4 aromatic carbocycles. The van der Waals surface area contributed by atoms with E-state index in [1.54, 1.807) is 0 Å². The molecule has 0 atom stereocenters. The second-order valence-electron chi connectivity index (χ2n) is 6.33. The molecule has 1 heterocycles. The van der Waals surface area contributed by atoms with Gasteiger partial charge in [-0.25, -0.2) is 0 Å². The molecule has 0 saturated heterocycles. The maximum Gasteiger partial charge on any atom is 0.0737 e. The van der Waals surface area contributed by atoms with Crippen molar-refractivity contribution in [2.45, 2.75) is 0 Å². The van der Waals surface area contributed by atoms with Crippen molar-refractivity contribution in [1.82, 2.24) is 0 Å². The van der Waals surface area contributed by atoms with E-state index in [1.165, 1.54) is 21.5 Å². The topological polar surface area (TPSA) is 35.5 Å². The molecule has 0 fully saturated rings. The summed E-state index contributed by atoms with van der Waals surface area (Å²) in [5.41, 5.74) is 4.43. The maximum absolute atomic E-state index is 9.69. The lowest BCUT2D eigenvalue weighted by Crippen LogP contribution is -2.26. The van der Waals surface area contributed by atoms with Crippen LogP contribution >= 0.6 is 0 Å². The highest BCUT2D eigenvalue weighted by molar-refractivity contribution is 6.22. The molecule has 3 nitrogen and oxygen atoms in total. The SMILES string of the molecule is OCCN1c2ccccc2Nc2c1c1ccccc1c1ccccc21. The predicted octanol–water partition coefficient (Wildman–Crippen LogP) is 5.18. The average Bonchev–Trinajstić information content (AvgIpc) is 2.68. The van der Waals surface area contributed by atoms with Crippen molar-refractivity contribution in [3.63, 3.8) is 0 Å². The summed E-state index contributed by atoms with van der Waals surface area (Å²) in [6.07, 6.45) is 0. The molecular weight excluding hydrogens is 308 g/mol. The minimum Gasteiger partial charge on any atom is -0.395 e. The third kappa shape index (κ3) is 2.03. The standard InChI is InChI=1S/C22H18N2O/c25-14-13-24-20-12-6-5-11-19(20)23-21-17-9-3-1-7-15(17)16-8-2-4-10-18(16)22(21)24/h1-12,23,25H,13-14H2. The van der Waals surface area contributed by atoms with Crippen LogP contribution in [0.4, 0.5) is 22.7 Å². The normalized spacial score (nSPS) is 12.8. The van der Waals surface area contributed by atoms with Gasteiger partial charge in [-0.1, -0.05) is 60.7 Å². The number of benzene rings is 4. The van der Waals surface area contributed by atoms with Crippen molar-refractivity contribution in [2.24, 2.45) is 0 Å². The smallest absolute Gasteiger partial charge is 0.0737 e. The van der Waals surface area contributed by atoms with Crippen LogP contribution in [0.2, 0.25) is 0 Å². The second kappa shape index (κ2) is 5.50. The van der Waals surface area contributed by atoms with Crippen molar-refractivity contribution in [1.29, 1.82) is 0 Å². The van der Waals surface area contributed by atoms with Crippen LogP contribution in [0, 0.1) is 0 Å². The Bertz CT molecular complexity index is 1100. The van der Waals surface area contributed by atoms with Crippen molar-refractivity contribution in [3.8, 4) is 0 Å². The van der Waals surface area contributed by atoms with Gasteiger partial charge in [0, 0.05) is 17.3 Å². The predicted molar refractivity (Wildman–Crippen MR) is 105 cm³/mol. The Morgan fingerprint density at radius 1 is 0.720 bits per heavy atom. The first-order chi connectivity index (χ1) is 12.4. The average molecular weight is 326 g/mol. The number of para-hydroxylation sites is 2. The fourth-order valence-electron chi connectivity index (χ4n) is 3.93. The molecule has 122 valence electrons. The Morgan fingerprint density at radius 3 is 2.08 bits per heavy atom. The zero-order valence-corrected chi connectivity index (χ0v) is 13.7. The lowest BCUT2D eigenvalue weighted by molar-refractivity contribution is 0.306. The van der Waals surface area contributed by atoms with Crippen molar-refractivity contribution < 1.29 is 5.11 Å². The number of anilines is 4. The molecule has 3 heteroatoms. The summed E-state index contributed by atoms with van der Waals surface area (Å²) >= 11 is 0. The van der Waals surface area contributed by atoms with Gasteiger partial charge in [0.25, 0.3) is 0 Å². The number of rotatable bonds is 2. The molecule has 0 spiro atoms. The molecule has 0 amide bonds. The highest BCUT2D eigenvalue weighted by atomic mass is 16.3. The minimum absolute atomic E-state index is 0.106. The molecule has 0 unspecified atom stereocenters. The number of fused-ring (bicyclic) bond motifs is 7. The fourth-order valence-corrected chi connectivity index (χ4v) is 3.93. The number of β-amino-alcohol motifs (C(OH)–C–C–N with tert-alkyl or cyclic N) is 1. The lowest BCUT2D eigenvalue weighted by Gasteiger charge is -2.35. The molecular formula is C22H18N2O. The Balaban J connectivity index is 1.94. The first-order valence-electron chi connectivity index (χ1n) is 8.56. The van der Waals surface area contributed by atoms with Gasteiger partial charge < -0.3 is 15.3 Å². The summed E-state index contributed by atoms with van der Waals surface area (Å²) in [6, 6.07) is 25.3. The quantitative estimate of drug-likeness (QED) is 0.498. The molecule has 0 bridgehead atoms. The minimum atomic E-state index is 0.106. The van der Waals surface area contributed by atoms with Crippen molar-refractivity contribution in [2.75, 3.05) is 23.4 Å². The highest BCUT2D eigenvalue weighted by Crippen LogP contribution is 2.50. The molecule has 1 aliphatic rings. The van der Waals surface area contributed by atoms with E-state index in [2.05, 4.69) is 70.9 Å². The zero-order valence-electron chi connectivity index (χ0n) is 13.7. The number of aliphatic hydroxyl groups excluding tert-OH is 1.